The maximum atomic E-state index is 11.4. The fraction of sp³-hybridized carbons (Fsp3) is 0.778. The highest BCUT2D eigenvalue weighted by Crippen LogP contribution is 2.03. The van der Waals surface area contributed by atoms with Crippen LogP contribution < -0.4 is 11.1 Å². The molecule has 5 nitrogen and oxygen atoms in total. The third kappa shape index (κ3) is 4.69. The predicted octanol–water partition coefficient (Wildman–Crippen LogP) is 0.632. The number of ether oxygens (including phenoxy) is 1. The minimum Gasteiger partial charge on any atom is -0.464 e. The van der Waals surface area contributed by atoms with E-state index in [0.29, 0.717) is 6.61 Å². The van der Waals surface area contributed by atoms with E-state index in [1.54, 1.807) is 0 Å². The second kappa shape index (κ2) is 6.23. The molecule has 0 rings (SSSR count). The molecule has 0 fully saturated rings. The average Bonchev–Trinajstić information content (AvgIpc) is 2.09. The Balaban J connectivity index is 4.19. The highest BCUT2D eigenvalue weighted by atomic mass is 16.5. The van der Waals surface area contributed by atoms with Gasteiger partial charge in [0.15, 0.2) is 0 Å². The molecule has 0 aliphatic heterocycles. The van der Waals surface area contributed by atoms with Gasteiger partial charge in [-0.15, -0.1) is 0 Å². The maximum absolute atomic E-state index is 11.4. The number of hydrogen-bond acceptors (Lipinski definition) is 3. The van der Waals surface area contributed by atoms with E-state index >= 15 is 0 Å². The van der Waals surface area contributed by atoms with Gasteiger partial charge in [0.2, 0.25) is 0 Å². The minimum absolute atomic E-state index is 0.0353. The van der Waals surface area contributed by atoms with Crippen LogP contribution in [-0.4, -0.2) is 24.6 Å². The summed E-state index contributed by atoms with van der Waals surface area (Å²) in [6.45, 7) is 5.89. The zero-order valence-corrected chi connectivity index (χ0v) is 8.87. The van der Waals surface area contributed by atoms with Crippen molar-refractivity contribution in [2.75, 3.05) is 6.61 Å². The topological polar surface area (TPSA) is 81.4 Å². The first kappa shape index (κ1) is 12.7. The van der Waals surface area contributed by atoms with Gasteiger partial charge in [0.05, 0.1) is 6.61 Å². The number of nitrogens with one attached hydrogen (secondary N) is 1. The summed E-state index contributed by atoms with van der Waals surface area (Å²) in [6, 6.07) is -1.36. The molecule has 0 spiro atoms. The summed E-state index contributed by atoms with van der Waals surface area (Å²) >= 11 is 0. The van der Waals surface area contributed by atoms with Crippen molar-refractivity contribution in [1.29, 1.82) is 0 Å². The van der Waals surface area contributed by atoms with E-state index in [0.717, 1.165) is 6.42 Å². The van der Waals surface area contributed by atoms with Gasteiger partial charge in [-0.05, 0) is 12.3 Å². The lowest BCUT2D eigenvalue weighted by Gasteiger charge is -2.19. The summed E-state index contributed by atoms with van der Waals surface area (Å²) in [7, 11) is 0. The van der Waals surface area contributed by atoms with E-state index in [4.69, 9.17) is 10.5 Å². The molecular weight excluding hydrogens is 184 g/mol. The van der Waals surface area contributed by atoms with Gasteiger partial charge < -0.3 is 15.8 Å². The molecule has 0 bridgehead atoms. The quantitative estimate of drug-likeness (QED) is 0.641. The van der Waals surface area contributed by atoms with Crippen molar-refractivity contribution in [2.45, 2.75) is 33.2 Å². The lowest BCUT2D eigenvalue weighted by atomic mass is 10.1. The summed E-state index contributed by atoms with van der Waals surface area (Å²) in [6.07, 6.45) is 0.757. The van der Waals surface area contributed by atoms with Crippen LogP contribution in [0.25, 0.3) is 0 Å². The summed E-state index contributed by atoms with van der Waals surface area (Å²) in [5.74, 6) is -0.465. The third-order valence-electron chi connectivity index (χ3n) is 1.67. The van der Waals surface area contributed by atoms with Gasteiger partial charge in [0, 0.05) is 0 Å². The maximum Gasteiger partial charge on any atom is 0.328 e. The number of nitrogens with two attached hydrogens (primary N) is 1. The molecule has 0 radical (unpaired) electrons. The Morgan fingerprint density at radius 3 is 2.36 bits per heavy atom. The molecule has 5 heteroatoms. The van der Waals surface area contributed by atoms with Gasteiger partial charge in [-0.3, -0.25) is 0 Å². The molecule has 1 unspecified atom stereocenters. The second-order valence-corrected chi connectivity index (χ2v) is 3.40. The smallest absolute Gasteiger partial charge is 0.328 e. The average molecular weight is 202 g/mol. The lowest BCUT2D eigenvalue weighted by Crippen LogP contribution is -2.47. The van der Waals surface area contributed by atoms with Crippen LogP contribution in [0.3, 0.4) is 0 Å². The van der Waals surface area contributed by atoms with E-state index in [9.17, 15) is 9.59 Å². The highest BCUT2D eigenvalue weighted by Gasteiger charge is 2.24. The van der Waals surface area contributed by atoms with E-state index in [1.165, 1.54) is 0 Å². The van der Waals surface area contributed by atoms with Crippen LogP contribution in [0, 0.1) is 5.92 Å². The van der Waals surface area contributed by atoms with E-state index in [1.807, 2.05) is 20.8 Å². The molecule has 0 aliphatic carbocycles. The Bertz CT molecular complexity index is 204. The Labute approximate surface area is 84.0 Å². The largest absolute Gasteiger partial charge is 0.464 e. The molecule has 14 heavy (non-hydrogen) atoms. The predicted molar refractivity (Wildman–Crippen MR) is 52.6 cm³/mol. The van der Waals surface area contributed by atoms with Crippen molar-refractivity contribution in [3.63, 3.8) is 0 Å². The van der Waals surface area contributed by atoms with Gasteiger partial charge in [-0.1, -0.05) is 20.8 Å². The molecule has 82 valence electrons. The van der Waals surface area contributed by atoms with Crippen LogP contribution in [0.5, 0.6) is 0 Å². The number of hydrogen-bond donors (Lipinski definition) is 2. The van der Waals surface area contributed by atoms with Crippen LogP contribution in [0.2, 0.25) is 0 Å². The Kier molecular flexibility index (Phi) is 5.67. The Morgan fingerprint density at radius 1 is 1.43 bits per heavy atom. The summed E-state index contributed by atoms with van der Waals surface area (Å²) in [4.78, 5) is 22.0. The summed E-state index contributed by atoms with van der Waals surface area (Å²) in [5.41, 5.74) is 4.94. The molecule has 0 aromatic rings. The molecule has 2 amide bonds. The number of rotatable bonds is 5. The van der Waals surface area contributed by atoms with Crippen LogP contribution in [-0.2, 0) is 9.53 Å². The molecular formula is C9H18N2O3. The number of urea groups is 1. The standard InChI is InChI=1S/C9H18N2O3/c1-4-5-14-8(12)7(6(2)3)11-9(10)13/h6-7H,4-5H2,1-3H3,(H3,10,11,13). The third-order valence-corrected chi connectivity index (χ3v) is 1.67. The molecule has 0 aromatic heterocycles. The summed E-state index contributed by atoms with van der Waals surface area (Å²) in [5, 5.41) is 2.35. The van der Waals surface area contributed by atoms with Crippen molar-refractivity contribution in [1.82, 2.24) is 5.32 Å². The van der Waals surface area contributed by atoms with E-state index in [2.05, 4.69) is 5.32 Å². The van der Waals surface area contributed by atoms with Crippen LogP contribution in [0.1, 0.15) is 27.2 Å². The molecule has 0 aromatic carbocycles. The molecule has 0 heterocycles. The summed E-state index contributed by atoms with van der Waals surface area (Å²) < 4.78 is 4.91. The monoisotopic (exact) mass is 202 g/mol. The lowest BCUT2D eigenvalue weighted by molar-refractivity contribution is -0.147. The molecule has 1 atom stereocenters. The first-order valence-corrected chi connectivity index (χ1v) is 4.71. The zero-order valence-electron chi connectivity index (χ0n) is 8.87. The van der Waals surface area contributed by atoms with Gasteiger partial charge in [-0.2, -0.15) is 0 Å². The number of esters is 1. The first-order valence-electron chi connectivity index (χ1n) is 4.71. The zero-order chi connectivity index (χ0) is 11.1. The molecule has 3 N–H and O–H groups in total. The minimum atomic E-state index is -0.711. The van der Waals surface area contributed by atoms with Crippen molar-refractivity contribution >= 4 is 12.0 Å². The van der Waals surface area contributed by atoms with Gasteiger partial charge >= 0.3 is 12.0 Å². The van der Waals surface area contributed by atoms with E-state index < -0.39 is 18.0 Å². The number of amides is 2. The van der Waals surface area contributed by atoms with Crippen molar-refractivity contribution in [3.05, 3.63) is 0 Å². The van der Waals surface area contributed by atoms with Gasteiger partial charge in [0.25, 0.3) is 0 Å². The van der Waals surface area contributed by atoms with E-state index in [-0.39, 0.29) is 5.92 Å². The van der Waals surface area contributed by atoms with Crippen molar-refractivity contribution in [3.8, 4) is 0 Å². The van der Waals surface area contributed by atoms with Crippen LogP contribution in [0.15, 0.2) is 0 Å². The number of carbonyl (C=O) groups is 2. The fourth-order valence-electron chi connectivity index (χ4n) is 0.943. The second-order valence-electron chi connectivity index (χ2n) is 3.40. The highest BCUT2D eigenvalue weighted by molar-refractivity contribution is 5.82. The molecule has 0 saturated carbocycles. The van der Waals surface area contributed by atoms with Crippen LogP contribution >= 0.6 is 0 Å². The molecule has 0 aliphatic rings. The fourth-order valence-corrected chi connectivity index (χ4v) is 0.943. The van der Waals surface area contributed by atoms with Gasteiger partial charge in [0.1, 0.15) is 6.04 Å². The van der Waals surface area contributed by atoms with Crippen molar-refractivity contribution in [2.24, 2.45) is 11.7 Å². The van der Waals surface area contributed by atoms with Crippen molar-refractivity contribution < 1.29 is 14.3 Å². The Morgan fingerprint density at radius 2 is 2.00 bits per heavy atom. The Hall–Kier alpha value is -1.26. The molecule has 0 saturated heterocycles. The first-order chi connectivity index (χ1) is 6.49. The SMILES string of the molecule is CCCOC(=O)C(NC(N)=O)C(C)C. The number of carbonyl (C=O) groups excluding carboxylic acids is 2. The van der Waals surface area contributed by atoms with Crippen LogP contribution in [0.4, 0.5) is 4.79 Å². The normalized spacial score (nSPS) is 12.3. The van der Waals surface area contributed by atoms with Gasteiger partial charge in [-0.25, -0.2) is 9.59 Å². The number of primary amides is 1.